The molecule has 10 heteroatoms. The molecule has 0 aromatic heterocycles. The summed E-state index contributed by atoms with van der Waals surface area (Å²) >= 11 is 5.11. The first-order valence-electron chi connectivity index (χ1n) is 9.65. The summed E-state index contributed by atoms with van der Waals surface area (Å²) < 4.78 is 0. The number of hydrogen-bond donors (Lipinski definition) is 5. The Morgan fingerprint density at radius 2 is 1.76 bits per heavy atom. The van der Waals surface area contributed by atoms with Crippen LogP contribution in [-0.2, 0) is 11.2 Å². The molecular weight excluding hydrogens is 394 g/mol. The minimum Gasteiger partial charge on any atom is -0.480 e. The fourth-order valence-electron chi connectivity index (χ4n) is 3.40. The SMILES string of the molecule is CNC(=S)Nc1ccc(CC2CN(CC(=O)O)CCN(CO)CCN2CO)cc1. The highest BCUT2D eigenvalue weighted by atomic mass is 32.1. The van der Waals surface area contributed by atoms with Crippen LogP contribution in [0.4, 0.5) is 5.69 Å². The molecule has 0 aliphatic carbocycles. The molecular formula is C19H31N5O4S. The Bertz CT molecular complexity index is 661. The molecule has 5 N–H and O–H groups in total. The third-order valence-electron chi connectivity index (χ3n) is 5.07. The minimum atomic E-state index is -0.884. The lowest BCUT2D eigenvalue weighted by Gasteiger charge is -2.33. The van der Waals surface area contributed by atoms with Gasteiger partial charge in [0.1, 0.15) is 0 Å². The zero-order chi connectivity index (χ0) is 21.2. The van der Waals surface area contributed by atoms with Crippen molar-refractivity contribution in [3.8, 4) is 0 Å². The second kappa shape index (κ2) is 12.0. The van der Waals surface area contributed by atoms with E-state index >= 15 is 0 Å². The molecule has 1 fully saturated rings. The van der Waals surface area contributed by atoms with E-state index in [2.05, 4.69) is 10.6 Å². The zero-order valence-corrected chi connectivity index (χ0v) is 17.6. The van der Waals surface area contributed by atoms with Crippen LogP contribution in [0.2, 0.25) is 0 Å². The Morgan fingerprint density at radius 1 is 1.10 bits per heavy atom. The van der Waals surface area contributed by atoms with Gasteiger partial charge in [0.25, 0.3) is 0 Å². The normalized spacial score (nSPS) is 19.8. The fraction of sp³-hybridized carbons (Fsp3) is 0.579. The maximum absolute atomic E-state index is 11.3. The zero-order valence-electron chi connectivity index (χ0n) is 16.8. The van der Waals surface area contributed by atoms with Gasteiger partial charge in [-0.05, 0) is 36.3 Å². The number of nitrogens with one attached hydrogen (secondary N) is 2. The predicted octanol–water partition coefficient (Wildman–Crippen LogP) is -0.582. The second-order valence-electron chi connectivity index (χ2n) is 7.10. The second-order valence-corrected chi connectivity index (χ2v) is 7.51. The summed E-state index contributed by atoms with van der Waals surface area (Å²) in [5.41, 5.74) is 1.97. The van der Waals surface area contributed by atoms with Crippen LogP contribution in [0.3, 0.4) is 0 Å². The lowest BCUT2D eigenvalue weighted by atomic mass is 10.0. The van der Waals surface area contributed by atoms with Crippen LogP contribution in [0.15, 0.2) is 24.3 Å². The van der Waals surface area contributed by atoms with Crippen LogP contribution in [0.25, 0.3) is 0 Å². The van der Waals surface area contributed by atoms with Gasteiger partial charge in [-0.2, -0.15) is 0 Å². The predicted molar refractivity (Wildman–Crippen MR) is 116 cm³/mol. The molecule has 1 aromatic carbocycles. The standard InChI is InChI=1S/C19H31N5O4S/c1-20-19(29)21-16-4-2-15(3-5-16)10-17-11-23(12-18(27)28)7-6-22(13-25)8-9-24(17)14-26/h2-5,17,25-26H,6-14H2,1H3,(H,27,28)(H2,20,21,29). The largest absolute Gasteiger partial charge is 0.480 e. The molecule has 1 heterocycles. The van der Waals surface area contributed by atoms with Crippen molar-refractivity contribution in [2.75, 3.05) is 65.1 Å². The fourth-order valence-corrected chi connectivity index (χ4v) is 3.52. The van der Waals surface area contributed by atoms with E-state index in [1.165, 1.54) is 0 Å². The Hall–Kier alpha value is -1.82. The Balaban J connectivity index is 2.14. The summed E-state index contributed by atoms with van der Waals surface area (Å²) in [4.78, 5) is 16.9. The van der Waals surface area contributed by atoms with Crippen molar-refractivity contribution in [2.24, 2.45) is 0 Å². The Kier molecular flexibility index (Phi) is 9.71. The quantitative estimate of drug-likeness (QED) is 0.364. The average Bonchev–Trinajstić information content (AvgIpc) is 2.78. The lowest BCUT2D eigenvalue weighted by Crippen LogP contribution is -2.47. The van der Waals surface area contributed by atoms with Crippen molar-refractivity contribution < 1.29 is 20.1 Å². The molecule has 0 saturated carbocycles. The molecule has 0 spiro atoms. The highest BCUT2D eigenvalue weighted by Gasteiger charge is 2.25. The summed E-state index contributed by atoms with van der Waals surface area (Å²) in [7, 11) is 1.76. The molecule has 2 rings (SSSR count). The maximum atomic E-state index is 11.3. The number of thiocarbonyl (C=S) groups is 1. The smallest absolute Gasteiger partial charge is 0.317 e. The molecule has 162 valence electrons. The number of anilines is 1. The number of aliphatic hydroxyl groups excluding tert-OH is 2. The van der Waals surface area contributed by atoms with E-state index in [0.717, 1.165) is 11.3 Å². The Morgan fingerprint density at radius 3 is 2.34 bits per heavy atom. The number of aliphatic hydroxyl groups is 2. The van der Waals surface area contributed by atoms with Crippen LogP contribution in [-0.4, -0.2) is 107 Å². The number of carbonyl (C=O) groups is 1. The van der Waals surface area contributed by atoms with E-state index in [1.54, 1.807) is 7.05 Å². The van der Waals surface area contributed by atoms with Crippen molar-refractivity contribution in [1.82, 2.24) is 20.0 Å². The van der Waals surface area contributed by atoms with Crippen LogP contribution in [0.5, 0.6) is 0 Å². The molecule has 0 radical (unpaired) electrons. The third kappa shape index (κ3) is 7.84. The highest BCUT2D eigenvalue weighted by molar-refractivity contribution is 7.80. The maximum Gasteiger partial charge on any atom is 0.317 e. The molecule has 1 atom stereocenters. The lowest BCUT2D eigenvalue weighted by molar-refractivity contribution is -0.138. The summed E-state index contributed by atoms with van der Waals surface area (Å²) in [6, 6.07) is 7.85. The number of carboxylic acids is 1. The van der Waals surface area contributed by atoms with E-state index < -0.39 is 5.97 Å². The van der Waals surface area contributed by atoms with Crippen molar-refractivity contribution in [3.05, 3.63) is 29.8 Å². The Labute approximate surface area is 176 Å². The molecule has 1 aliphatic heterocycles. The van der Waals surface area contributed by atoms with Crippen molar-refractivity contribution in [2.45, 2.75) is 12.5 Å². The number of nitrogens with zero attached hydrogens (tertiary/aromatic N) is 3. The van der Waals surface area contributed by atoms with Crippen LogP contribution < -0.4 is 10.6 Å². The van der Waals surface area contributed by atoms with E-state index in [4.69, 9.17) is 12.2 Å². The topological polar surface area (TPSA) is 112 Å². The summed E-state index contributed by atoms with van der Waals surface area (Å²) in [6.07, 6.45) is 0.673. The van der Waals surface area contributed by atoms with Gasteiger partial charge in [-0.25, -0.2) is 0 Å². The average molecular weight is 426 g/mol. The molecule has 1 unspecified atom stereocenters. The molecule has 1 aliphatic rings. The number of rotatable bonds is 7. The van der Waals surface area contributed by atoms with Gasteiger partial charge < -0.3 is 26.0 Å². The van der Waals surface area contributed by atoms with Crippen molar-refractivity contribution in [3.63, 3.8) is 0 Å². The molecule has 0 amide bonds. The van der Waals surface area contributed by atoms with Gasteiger partial charge in [-0.3, -0.25) is 19.5 Å². The molecule has 29 heavy (non-hydrogen) atoms. The van der Waals surface area contributed by atoms with E-state index in [9.17, 15) is 20.1 Å². The first-order chi connectivity index (χ1) is 13.9. The number of carboxylic acid groups (broad SMARTS) is 1. The number of aliphatic carboxylic acids is 1. The van der Waals surface area contributed by atoms with Crippen molar-refractivity contribution >= 4 is 29.0 Å². The summed E-state index contributed by atoms with van der Waals surface area (Å²) in [6.45, 7) is 2.58. The van der Waals surface area contributed by atoms with Crippen LogP contribution in [0.1, 0.15) is 5.56 Å². The third-order valence-corrected chi connectivity index (χ3v) is 5.38. The van der Waals surface area contributed by atoms with Crippen LogP contribution >= 0.6 is 12.2 Å². The van der Waals surface area contributed by atoms with Gasteiger partial charge in [0.15, 0.2) is 5.11 Å². The van der Waals surface area contributed by atoms with Crippen molar-refractivity contribution in [1.29, 1.82) is 0 Å². The highest BCUT2D eigenvalue weighted by Crippen LogP contribution is 2.15. The van der Waals surface area contributed by atoms with E-state index in [0.29, 0.717) is 44.3 Å². The van der Waals surface area contributed by atoms with Gasteiger partial charge in [0.2, 0.25) is 0 Å². The first kappa shape index (κ1) is 23.5. The van der Waals surface area contributed by atoms with Gasteiger partial charge >= 0.3 is 5.97 Å². The summed E-state index contributed by atoms with van der Waals surface area (Å²) in [5.74, 6) is -0.884. The minimum absolute atomic E-state index is 0.0461. The molecule has 1 saturated heterocycles. The van der Waals surface area contributed by atoms with Gasteiger partial charge in [-0.1, -0.05) is 12.1 Å². The molecule has 9 nitrogen and oxygen atoms in total. The molecule has 1 aromatic rings. The summed E-state index contributed by atoms with van der Waals surface area (Å²) in [5, 5.41) is 35.2. The monoisotopic (exact) mass is 425 g/mol. The van der Waals surface area contributed by atoms with Crippen LogP contribution in [0, 0.1) is 0 Å². The number of benzene rings is 1. The van der Waals surface area contributed by atoms with Gasteiger partial charge in [-0.15, -0.1) is 0 Å². The van der Waals surface area contributed by atoms with Gasteiger partial charge in [0, 0.05) is 51.5 Å². The molecule has 0 bridgehead atoms. The van der Waals surface area contributed by atoms with Gasteiger partial charge in [0.05, 0.1) is 20.0 Å². The van der Waals surface area contributed by atoms with E-state index in [1.807, 2.05) is 39.0 Å². The first-order valence-corrected chi connectivity index (χ1v) is 10.1. The number of hydrogen-bond acceptors (Lipinski definition) is 7. The van der Waals surface area contributed by atoms with E-state index in [-0.39, 0.29) is 26.0 Å².